The van der Waals surface area contributed by atoms with E-state index in [-0.39, 0.29) is 18.3 Å². The molecule has 148 valence electrons. The second kappa shape index (κ2) is 7.70. The minimum Gasteiger partial charge on any atom is -0.483 e. The number of hydrogen-bond acceptors (Lipinski definition) is 4. The fourth-order valence-electron chi connectivity index (χ4n) is 3.64. The molecule has 28 heavy (non-hydrogen) atoms. The van der Waals surface area contributed by atoms with Crippen LogP contribution in [0.3, 0.4) is 0 Å². The molecule has 1 amide bonds. The topological polar surface area (TPSA) is 36.0 Å². The molecule has 0 aromatic heterocycles. The highest BCUT2D eigenvalue weighted by Gasteiger charge is 2.34. The van der Waals surface area contributed by atoms with Crippen molar-refractivity contribution in [3.63, 3.8) is 0 Å². The minimum absolute atomic E-state index is 0.00465. The summed E-state index contributed by atoms with van der Waals surface area (Å²) in [4.78, 5) is 18.0. The summed E-state index contributed by atoms with van der Waals surface area (Å²) in [6, 6.07) is 13.4. The van der Waals surface area contributed by atoms with Gasteiger partial charge in [-0.3, -0.25) is 4.79 Å². The third-order valence-corrected chi connectivity index (χ3v) is 5.37. The summed E-state index contributed by atoms with van der Waals surface area (Å²) in [5.74, 6) is 0.392. The molecule has 1 saturated carbocycles. The number of halogens is 1. The molecular formula is C22H26FN3O2. The number of likely N-dealkylation sites (N-methyl/N-ethyl adjacent to an activating group) is 1. The number of carbonyl (C=O) groups excluding carboxylic acids is 1. The number of rotatable bonds is 6. The zero-order chi connectivity index (χ0) is 19.7. The van der Waals surface area contributed by atoms with E-state index in [9.17, 15) is 9.18 Å². The Hall–Kier alpha value is -2.76. The second-order valence-electron chi connectivity index (χ2n) is 7.66. The van der Waals surface area contributed by atoms with E-state index >= 15 is 0 Å². The van der Waals surface area contributed by atoms with Gasteiger partial charge in [-0.05, 0) is 37.1 Å². The molecule has 4 rings (SSSR count). The summed E-state index contributed by atoms with van der Waals surface area (Å²) in [5, 5.41) is 0. The summed E-state index contributed by atoms with van der Waals surface area (Å²) < 4.78 is 19.8. The molecule has 0 atom stereocenters. The van der Waals surface area contributed by atoms with Crippen molar-refractivity contribution in [3.05, 3.63) is 53.8 Å². The lowest BCUT2D eigenvalue weighted by Gasteiger charge is -2.39. The number of carbonyl (C=O) groups is 1. The van der Waals surface area contributed by atoms with E-state index in [4.69, 9.17) is 4.74 Å². The van der Waals surface area contributed by atoms with Crippen LogP contribution >= 0.6 is 0 Å². The van der Waals surface area contributed by atoms with Crippen LogP contribution in [0.1, 0.15) is 18.4 Å². The van der Waals surface area contributed by atoms with Gasteiger partial charge in [0.05, 0.1) is 11.4 Å². The van der Waals surface area contributed by atoms with Crippen molar-refractivity contribution in [2.75, 3.05) is 43.6 Å². The molecule has 6 heteroatoms. The Kier molecular flexibility index (Phi) is 5.11. The molecule has 2 aromatic carbocycles. The van der Waals surface area contributed by atoms with Gasteiger partial charge in [0.1, 0.15) is 11.6 Å². The summed E-state index contributed by atoms with van der Waals surface area (Å²) >= 11 is 0. The van der Waals surface area contributed by atoms with E-state index in [0.29, 0.717) is 18.3 Å². The number of para-hydroxylation sites is 1. The lowest BCUT2D eigenvalue weighted by atomic mass is 10.1. The maximum absolute atomic E-state index is 14.0. The first kappa shape index (κ1) is 18.6. The highest BCUT2D eigenvalue weighted by atomic mass is 19.1. The maximum atomic E-state index is 14.0. The van der Waals surface area contributed by atoms with Gasteiger partial charge in [0.25, 0.3) is 5.91 Å². The molecule has 0 unspecified atom stereocenters. The number of amides is 1. The van der Waals surface area contributed by atoms with Gasteiger partial charge in [0, 0.05) is 45.3 Å². The van der Waals surface area contributed by atoms with E-state index in [2.05, 4.69) is 9.80 Å². The van der Waals surface area contributed by atoms with Gasteiger partial charge in [0.15, 0.2) is 6.61 Å². The van der Waals surface area contributed by atoms with E-state index in [1.165, 1.54) is 17.7 Å². The number of ether oxygens (including phenoxy) is 1. The van der Waals surface area contributed by atoms with Gasteiger partial charge in [-0.25, -0.2) is 4.39 Å². The predicted molar refractivity (Wildman–Crippen MR) is 108 cm³/mol. The molecule has 0 spiro atoms. The van der Waals surface area contributed by atoms with Crippen LogP contribution in [-0.4, -0.2) is 50.6 Å². The Bertz CT molecular complexity index is 867. The molecule has 0 bridgehead atoms. The second-order valence-corrected chi connectivity index (χ2v) is 7.66. The number of hydrogen-bond donors (Lipinski definition) is 0. The molecular weight excluding hydrogens is 357 g/mol. The van der Waals surface area contributed by atoms with Gasteiger partial charge >= 0.3 is 0 Å². The first-order valence-electron chi connectivity index (χ1n) is 9.75. The van der Waals surface area contributed by atoms with Crippen LogP contribution in [0.5, 0.6) is 5.75 Å². The highest BCUT2D eigenvalue weighted by molar-refractivity contribution is 5.77. The number of anilines is 2. The molecule has 2 aromatic rings. The fourth-order valence-corrected chi connectivity index (χ4v) is 3.64. The van der Waals surface area contributed by atoms with Crippen molar-refractivity contribution >= 4 is 17.3 Å². The van der Waals surface area contributed by atoms with Crippen molar-refractivity contribution in [1.82, 2.24) is 4.90 Å². The summed E-state index contributed by atoms with van der Waals surface area (Å²) in [6.07, 6.45) is 2.43. The smallest absolute Gasteiger partial charge is 0.259 e. The van der Waals surface area contributed by atoms with Gasteiger partial charge in [-0.1, -0.05) is 18.2 Å². The van der Waals surface area contributed by atoms with Crippen LogP contribution in [-0.2, 0) is 11.3 Å². The van der Waals surface area contributed by atoms with E-state index in [0.717, 1.165) is 30.0 Å². The van der Waals surface area contributed by atoms with Crippen LogP contribution in [0.15, 0.2) is 42.5 Å². The maximum Gasteiger partial charge on any atom is 0.259 e. The zero-order valence-corrected chi connectivity index (χ0v) is 16.4. The Morgan fingerprint density at radius 1 is 1.14 bits per heavy atom. The lowest BCUT2D eigenvalue weighted by molar-refractivity contribution is -0.130. The highest BCUT2D eigenvalue weighted by Crippen LogP contribution is 2.41. The molecule has 1 fully saturated rings. The Morgan fingerprint density at radius 2 is 1.93 bits per heavy atom. The molecule has 1 heterocycles. The third kappa shape index (κ3) is 3.91. The van der Waals surface area contributed by atoms with Crippen LogP contribution in [0.4, 0.5) is 15.8 Å². The van der Waals surface area contributed by atoms with Crippen LogP contribution in [0, 0.1) is 5.82 Å². The van der Waals surface area contributed by atoms with Gasteiger partial charge in [0.2, 0.25) is 0 Å². The van der Waals surface area contributed by atoms with Crippen molar-refractivity contribution in [1.29, 1.82) is 0 Å². The molecule has 0 saturated heterocycles. The van der Waals surface area contributed by atoms with Gasteiger partial charge in [-0.15, -0.1) is 0 Å². The Balaban J connectivity index is 1.55. The standard InChI is InChI=1S/C22H26FN3O2/c1-24(2)22(27)15-28-21-6-4-3-5-16(21)14-25-11-12-26(18-8-9-18)19-10-7-17(23)13-20(19)25/h3-7,10,13,18H,8-9,11-12,14-15H2,1-2H3. The Labute approximate surface area is 165 Å². The molecule has 5 nitrogen and oxygen atoms in total. The monoisotopic (exact) mass is 383 g/mol. The zero-order valence-electron chi connectivity index (χ0n) is 16.4. The van der Waals surface area contributed by atoms with Gasteiger partial charge < -0.3 is 19.4 Å². The molecule has 2 aliphatic rings. The van der Waals surface area contributed by atoms with Crippen molar-refractivity contribution in [2.45, 2.75) is 25.4 Å². The quantitative estimate of drug-likeness (QED) is 0.767. The van der Waals surface area contributed by atoms with E-state index in [1.54, 1.807) is 26.2 Å². The Morgan fingerprint density at radius 3 is 2.68 bits per heavy atom. The average Bonchev–Trinajstić information content (AvgIpc) is 3.52. The number of benzene rings is 2. The first-order valence-corrected chi connectivity index (χ1v) is 9.75. The normalized spacial score (nSPS) is 16.0. The minimum atomic E-state index is -0.220. The van der Waals surface area contributed by atoms with Crippen LogP contribution in [0.25, 0.3) is 0 Å². The predicted octanol–water partition coefficient (Wildman–Crippen LogP) is 3.28. The largest absolute Gasteiger partial charge is 0.483 e. The molecule has 0 N–H and O–H groups in total. The summed E-state index contributed by atoms with van der Waals surface area (Å²) in [6.45, 7) is 2.38. The first-order chi connectivity index (χ1) is 13.5. The van der Waals surface area contributed by atoms with Crippen molar-refractivity contribution < 1.29 is 13.9 Å². The summed E-state index contributed by atoms with van der Waals surface area (Å²) in [7, 11) is 3.42. The lowest BCUT2D eigenvalue weighted by Crippen LogP contribution is -2.42. The molecule has 0 radical (unpaired) electrons. The molecule has 1 aliphatic carbocycles. The summed E-state index contributed by atoms with van der Waals surface area (Å²) in [5.41, 5.74) is 3.03. The van der Waals surface area contributed by atoms with Crippen molar-refractivity contribution in [2.24, 2.45) is 0 Å². The average molecular weight is 383 g/mol. The van der Waals surface area contributed by atoms with Gasteiger partial charge in [-0.2, -0.15) is 0 Å². The van der Waals surface area contributed by atoms with Crippen molar-refractivity contribution in [3.8, 4) is 5.75 Å². The van der Waals surface area contributed by atoms with Crippen LogP contribution < -0.4 is 14.5 Å². The van der Waals surface area contributed by atoms with E-state index < -0.39 is 0 Å². The fraction of sp³-hybridized carbons (Fsp3) is 0.409. The number of nitrogens with zero attached hydrogens (tertiary/aromatic N) is 3. The molecule has 1 aliphatic heterocycles. The number of fused-ring (bicyclic) bond motifs is 1. The van der Waals surface area contributed by atoms with Crippen LogP contribution in [0.2, 0.25) is 0 Å². The SMILES string of the molecule is CN(C)C(=O)COc1ccccc1CN1CCN(C2CC2)c2ccc(F)cc21. The third-order valence-electron chi connectivity index (χ3n) is 5.37. The van der Waals surface area contributed by atoms with E-state index in [1.807, 2.05) is 30.3 Å².